The third-order valence-corrected chi connectivity index (χ3v) is 2.90. The van der Waals surface area contributed by atoms with Crippen molar-refractivity contribution in [2.24, 2.45) is 0 Å². The van der Waals surface area contributed by atoms with E-state index >= 15 is 0 Å². The number of halogens is 1. The van der Waals surface area contributed by atoms with Crippen molar-refractivity contribution in [3.05, 3.63) is 64.7 Å². The van der Waals surface area contributed by atoms with Gasteiger partial charge in [0.05, 0.1) is 18.2 Å². The number of nitrogens with one attached hydrogen (secondary N) is 1. The first-order valence-electron chi connectivity index (χ1n) is 6.29. The summed E-state index contributed by atoms with van der Waals surface area (Å²) in [6.07, 6.45) is 0. The highest BCUT2D eigenvalue weighted by Gasteiger charge is 2.04. The normalized spacial score (nSPS) is 9.90. The fraction of sp³-hybridized carbons (Fsp3) is 0.125. The number of hydrogen-bond acceptors (Lipinski definition) is 3. The van der Waals surface area contributed by atoms with Crippen molar-refractivity contribution < 1.29 is 9.53 Å². The van der Waals surface area contributed by atoms with Gasteiger partial charge in [-0.25, -0.2) is 0 Å². The van der Waals surface area contributed by atoms with Gasteiger partial charge in [0.2, 0.25) is 5.91 Å². The van der Waals surface area contributed by atoms with E-state index in [1.54, 1.807) is 36.4 Å². The number of rotatable bonds is 5. The largest absolute Gasteiger partial charge is 0.367 e. The van der Waals surface area contributed by atoms with Crippen LogP contribution >= 0.6 is 11.6 Å². The van der Waals surface area contributed by atoms with Gasteiger partial charge in [-0.3, -0.25) is 4.79 Å². The standard InChI is InChI=1S/C16H13ClN2O2/c17-14-5-1-4-13(7-14)10-21-11-16(20)19-15-6-2-3-12(8-15)9-18/h1-8H,10-11H2,(H,19,20). The minimum atomic E-state index is -0.271. The third-order valence-electron chi connectivity index (χ3n) is 2.67. The number of amides is 1. The number of nitrogens with zero attached hydrogens (tertiary/aromatic N) is 1. The Morgan fingerprint density at radius 2 is 2.05 bits per heavy atom. The van der Waals surface area contributed by atoms with Crippen LogP contribution in [0.3, 0.4) is 0 Å². The van der Waals surface area contributed by atoms with Crippen LogP contribution in [-0.4, -0.2) is 12.5 Å². The molecule has 0 radical (unpaired) electrons. The molecule has 0 fully saturated rings. The molecular weight excluding hydrogens is 288 g/mol. The molecule has 106 valence electrons. The number of carbonyl (C=O) groups excluding carboxylic acids is 1. The Morgan fingerprint density at radius 1 is 1.24 bits per heavy atom. The number of hydrogen-bond donors (Lipinski definition) is 1. The Balaban J connectivity index is 1.81. The summed E-state index contributed by atoms with van der Waals surface area (Å²) in [5.74, 6) is -0.271. The van der Waals surface area contributed by atoms with Crippen LogP contribution in [0.1, 0.15) is 11.1 Å². The minimum absolute atomic E-state index is 0.0662. The molecule has 0 saturated carbocycles. The quantitative estimate of drug-likeness (QED) is 0.921. The van der Waals surface area contributed by atoms with E-state index in [2.05, 4.69) is 5.32 Å². The molecule has 1 amide bonds. The molecule has 0 heterocycles. The summed E-state index contributed by atoms with van der Waals surface area (Å²) in [6, 6.07) is 16.0. The van der Waals surface area contributed by atoms with E-state index in [0.717, 1.165) is 5.56 Å². The molecular formula is C16H13ClN2O2. The van der Waals surface area contributed by atoms with Crippen LogP contribution in [0.5, 0.6) is 0 Å². The zero-order valence-electron chi connectivity index (χ0n) is 11.2. The van der Waals surface area contributed by atoms with Gasteiger partial charge < -0.3 is 10.1 Å². The number of benzene rings is 2. The first-order valence-corrected chi connectivity index (χ1v) is 6.67. The summed E-state index contributed by atoms with van der Waals surface area (Å²) in [5, 5.41) is 12.1. The molecule has 2 aromatic rings. The maximum absolute atomic E-state index is 11.7. The second-order valence-electron chi connectivity index (χ2n) is 4.36. The molecule has 0 bridgehead atoms. The van der Waals surface area contributed by atoms with Crippen molar-refractivity contribution in [1.82, 2.24) is 0 Å². The van der Waals surface area contributed by atoms with E-state index in [-0.39, 0.29) is 12.5 Å². The molecule has 4 nitrogen and oxygen atoms in total. The monoisotopic (exact) mass is 300 g/mol. The number of ether oxygens (including phenoxy) is 1. The van der Waals surface area contributed by atoms with Crippen molar-refractivity contribution >= 4 is 23.2 Å². The SMILES string of the molecule is N#Cc1cccc(NC(=O)COCc2cccc(Cl)c2)c1. The highest BCUT2D eigenvalue weighted by atomic mass is 35.5. The van der Waals surface area contributed by atoms with E-state index in [0.29, 0.717) is 22.9 Å². The highest BCUT2D eigenvalue weighted by molar-refractivity contribution is 6.30. The van der Waals surface area contributed by atoms with Crippen LogP contribution in [0.4, 0.5) is 5.69 Å². The van der Waals surface area contributed by atoms with Gasteiger partial charge in [0.15, 0.2) is 0 Å². The Hall–Kier alpha value is -2.35. The summed E-state index contributed by atoms with van der Waals surface area (Å²) >= 11 is 5.86. The number of nitriles is 1. The second kappa shape index (κ2) is 7.44. The van der Waals surface area contributed by atoms with Gasteiger partial charge in [-0.2, -0.15) is 5.26 Å². The van der Waals surface area contributed by atoms with Crippen molar-refractivity contribution in [3.8, 4) is 6.07 Å². The maximum Gasteiger partial charge on any atom is 0.250 e. The predicted octanol–water partition coefficient (Wildman–Crippen LogP) is 3.37. The molecule has 0 spiro atoms. The van der Waals surface area contributed by atoms with Crippen LogP contribution in [0, 0.1) is 11.3 Å². The minimum Gasteiger partial charge on any atom is -0.367 e. The van der Waals surface area contributed by atoms with Gasteiger partial charge in [-0.05, 0) is 35.9 Å². The van der Waals surface area contributed by atoms with Gasteiger partial charge in [0.1, 0.15) is 6.61 Å². The van der Waals surface area contributed by atoms with Crippen molar-refractivity contribution in [3.63, 3.8) is 0 Å². The second-order valence-corrected chi connectivity index (χ2v) is 4.80. The van der Waals surface area contributed by atoms with Crippen molar-refractivity contribution in [2.75, 3.05) is 11.9 Å². The van der Waals surface area contributed by atoms with Crippen LogP contribution in [0.25, 0.3) is 0 Å². The molecule has 0 atom stereocenters. The van der Waals surface area contributed by atoms with E-state index in [1.807, 2.05) is 18.2 Å². The van der Waals surface area contributed by atoms with Crippen molar-refractivity contribution in [2.45, 2.75) is 6.61 Å². The molecule has 2 aromatic carbocycles. The Kier molecular flexibility index (Phi) is 5.33. The average Bonchev–Trinajstić information content (AvgIpc) is 2.47. The molecule has 0 aliphatic rings. The summed E-state index contributed by atoms with van der Waals surface area (Å²) in [6.45, 7) is 0.246. The van der Waals surface area contributed by atoms with Crippen molar-refractivity contribution in [1.29, 1.82) is 5.26 Å². The smallest absolute Gasteiger partial charge is 0.250 e. The summed E-state index contributed by atoms with van der Waals surface area (Å²) in [7, 11) is 0. The Bertz CT molecular complexity index is 680. The van der Waals surface area contributed by atoms with Crippen LogP contribution < -0.4 is 5.32 Å². The zero-order chi connectivity index (χ0) is 15.1. The van der Waals surface area contributed by atoms with E-state index in [1.165, 1.54) is 0 Å². The zero-order valence-corrected chi connectivity index (χ0v) is 11.9. The first-order chi connectivity index (χ1) is 10.2. The van der Waals surface area contributed by atoms with Gasteiger partial charge in [-0.1, -0.05) is 29.8 Å². The van der Waals surface area contributed by atoms with Crippen LogP contribution in [0.2, 0.25) is 5.02 Å². The molecule has 2 rings (SSSR count). The molecule has 21 heavy (non-hydrogen) atoms. The highest BCUT2D eigenvalue weighted by Crippen LogP contribution is 2.12. The topological polar surface area (TPSA) is 62.1 Å². The fourth-order valence-electron chi connectivity index (χ4n) is 1.75. The third kappa shape index (κ3) is 4.92. The van der Waals surface area contributed by atoms with Gasteiger partial charge >= 0.3 is 0 Å². The molecule has 0 aliphatic heterocycles. The summed E-state index contributed by atoms with van der Waals surface area (Å²) in [5.41, 5.74) is 1.97. The first kappa shape index (κ1) is 15.0. The molecule has 0 aliphatic carbocycles. The molecule has 0 saturated heterocycles. The molecule has 1 N–H and O–H groups in total. The predicted molar refractivity (Wildman–Crippen MR) is 80.9 cm³/mol. The lowest BCUT2D eigenvalue weighted by Gasteiger charge is -2.07. The van der Waals surface area contributed by atoms with Crippen LogP contribution in [0.15, 0.2) is 48.5 Å². The summed E-state index contributed by atoms with van der Waals surface area (Å²) in [4.78, 5) is 11.7. The lowest BCUT2D eigenvalue weighted by molar-refractivity contribution is -0.121. The Morgan fingerprint density at radius 3 is 2.81 bits per heavy atom. The molecule has 5 heteroatoms. The van der Waals surface area contributed by atoms with Gasteiger partial charge in [0, 0.05) is 10.7 Å². The van der Waals surface area contributed by atoms with Crippen LogP contribution in [-0.2, 0) is 16.1 Å². The van der Waals surface area contributed by atoms with Gasteiger partial charge in [0.25, 0.3) is 0 Å². The lowest BCUT2D eigenvalue weighted by atomic mass is 10.2. The lowest BCUT2D eigenvalue weighted by Crippen LogP contribution is -2.18. The Labute approximate surface area is 127 Å². The molecule has 0 aromatic heterocycles. The number of anilines is 1. The fourth-order valence-corrected chi connectivity index (χ4v) is 1.96. The summed E-state index contributed by atoms with van der Waals surface area (Å²) < 4.78 is 5.33. The number of carbonyl (C=O) groups is 1. The van der Waals surface area contributed by atoms with E-state index in [4.69, 9.17) is 21.6 Å². The molecule has 0 unspecified atom stereocenters. The van der Waals surface area contributed by atoms with E-state index < -0.39 is 0 Å². The van der Waals surface area contributed by atoms with E-state index in [9.17, 15) is 4.79 Å². The maximum atomic E-state index is 11.7. The van der Waals surface area contributed by atoms with Gasteiger partial charge in [-0.15, -0.1) is 0 Å². The average molecular weight is 301 g/mol.